The Hall–Kier alpha value is -1.48. The molecule has 2 saturated heterocycles. The highest BCUT2D eigenvalue weighted by atomic mass is 32.2. The van der Waals surface area contributed by atoms with Crippen molar-refractivity contribution in [3.05, 3.63) is 24.3 Å². The Morgan fingerprint density at radius 2 is 1.73 bits per heavy atom. The van der Waals surface area contributed by atoms with Crippen molar-refractivity contribution in [3.8, 4) is 0 Å². The van der Waals surface area contributed by atoms with Gasteiger partial charge in [-0.15, -0.1) is 0 Å². The van der Waals surface area contributed by atoms with Gasteiger partial charge in [0.25, 0.3) is 0 Å². The van der Waals surface area contributed by atoms with Gasteiger partial charge in [0.2, 0.25) is 15.9 Å². The Bertz CT molecular complexity index is 706. The normalized spacial score (nSPS) is 20.8. The van der Waals surface area contributed by atoms with Crippen LogP contribution < -0.4 is 5.32 Å². The molecule has 1 aromatic rings. The minimum atomic E-state index is -3.49. The van der Waals surface area contributed by atoms with Crippen molar-refractivity contribution in [2.45, 2.75) is 37.1 Å². The van der Waals surface area contributed by atoms with Gasteiger partial charge in [-0.2, -0.15) is 4.31 Å². The zero-order valence-electron chi connectivity index (χ0n) is 15.2. The highest BCUT2D eigenvalue weighted by Crippen LogP contribution is 2.24. The molecular weight excluding hydrogens is 354 g/mol. The number of benzene rings is 1. The molecule has 1 aromatic carbocycles. The number of sulfonamides is 1. The average molecular weight is 381 g/mol. The standard InChI is InChI=1S/C18H27N3O4S/c1-2-18(22)19-15-3-5-17(6-4-15)26(23,24)21-9-7-16(8-10-21)20-11-13-25-14-12-20/h3-6,16H,2,7-14H2,1H3,(H,19,22). The number of nitrogens with zero attached hydrogens (tertiary/aromatic N) is 2. The van der Waals surface area contributed by atoms with Crippen molar-refractivity contribution in [2.75, 3.05) is 44.7 Å². The number of anilines is 1. The average Bonchev–Trinajstić information content (AvgIpc) is 2.69. The molecule has 144 valence electrons. The molecular formula is C18H27N3O4S. The molecule has 26 heavy (non-hydrogen) atoms. The van der Waals surface area contributed by atoms with Gasteiger partial charge >= 0.3 is 0 Å². The maximum absolute atomic E-state index is 12.9. The third-order valence-corrected chi connectivity index (χ3v) is 7.00. The predicted octanol–water partition coefficient (Wildman–Crippen LogP) is 1.52. The molecule has 1 N–H and O–H groups in total. The van der Waals surface area contributed by atoms with Crippen molar-refractivity contribution in [3.63, 3.8) is 0 Å². The predicted molar refractivity (Wildman–Crippen MR) is 99.5 cm³/mol. The van der Waals surface area contributed by atoms with Crippen LogP contribution in [0.3, 0.4) is 0 Å². The summed E-state index contributed by atoms with van der Waals surface area (Å²) in [5.41, 5.74) is 0.613. The van der Waals surface area contributed by atoms with E-state index in [4.69, 9.17) is 4.74 Å². The number of hydrogen-bond donors (Lipinski definition) is 1. The van der Waals surface area contributed by atoms with Crippen LogP contribution in [0.2, 0.25) is 0 Å². The smallest absolute Gasteiger partial charge is 0.243 e. The first-order valence-corrected chi connectivity index (χ1v) is 10.7. The zero-order valence-corrected chi connectivity index (χ0v) is 16.0. The lowest BCUT2D eigenvalue weighted by molar-refractivity contribution is -0.115. The maximum atomic E-state index is 12.9. The van der Waals surface area contributed by atoms with Crippen LogP contribution in [0.5, 0.6) is 0 Å². The summed E-state index contributed by atoms with van der Waals surface area (Å²) in [6.45, 7) is 6.25. The molecule has 0 bridgehead atoms. The number of carbonyl (C=O) groups excluding carboxylic acids is 1. The Morgan fingerprint density at radius 3 is 2.31 bits per heavy atom. The maximum Gasteiger partial charge on any atom is 0.243 e. The molecule has 8 heteroatoms. The summed E-state index contributed by atoms with van der Waals surface area (Å²) in [6.07, 6.45) is 2.09. The molecule has 0 saturated carbocycles. The number of carbonyl (C=O) groups is 1. The molecule has 0 radical (unpaired) electrons. The number of ether oxygens (including phenoxy) is 1. The van der Waals surface area contributed by atoms with Gasteiger partial charge in [0, 0.05) is 44.3 Å². The van der Waals surface area contributed by atoms with Crippen LogP contribution in [0.15, 0.2) is 29.2 Å². The number of amides is 1. The monoisotopic (exact) mass is 381 g/mol. The molecule has 2 aliphatic heterocycles. The molecule has 0 unspecified atom stereocenters. The van der Waals surface area contributed by atoms with E-state index in [2.05, 4.69) is 10.2 Å². The van der Waals surface area contributed by atoms with E-state index in [1.54, 1.807) is 35.5 Å². The molecule has 2 fully saturated rings. The van der Waals surface area contributed by atoms with Gasteiger partial charge in [0.1, 0.15) is 0 Å². The third kappa shape index (κ3) is 4.43. The Labute approximate surface area is 155 Å². The fourth-order valence-electron chi connectivity index (χ4n) is 3.50. The molecule has 0 aromatic heterocycles. The van der Waals surface area contributed by atoms with E-state index < -0.39 is 10.0 Å². The van der Waals surface area contributed by atoms with Gasteiger partial charge in [-0.05, 0) is 37.1 Å². The minimum absolute atomic E-state index is 0.0919. The van der Waals surface area contributed by atoms with E-state index in [1.807, 2.05) is 0 Å². The number of nitrogens with one attached hydrogen (secondary N) is 1. The molecule has 2 aliphatic rings. The second-order valence-corrected chi connectivity index (χ2v) is 8.65. The summed E-state index contributed by atoms with van der Waals surface area (Å²) in [6, 6.07) is 6.85. The van der Waals surface area contributed by atoms with Crippen molar-refractivity contribution >= 4 is 21.6 Å². The van der Waals surface area contributed by atoms with Gasteiger partial charge in [-0.3, -0.25) is 9.69 Å². The van der Waals surface area contributed by atoms with E-state index in [1.165, 1.54) is 0 Å². The second kappa shape index (κ2) is 8.47. The van der Waals surface area contributed by atoms with Crippen molar-refractivity contribution in [1.82, 2.24) is 9.21 Å². The topological polar surface area (TPSA) is 79.0 Å². The molecule has 2 heterocycles. The molecule has 3 rings (SSSR count). The summed E-state index contributed by atoms with van der Waals surface area (Å²) >= 11 is 0. The number of rotatable bonds is 5. The van der Waals surface area contributed by atoms with Crippen LogP contribution >= 0.6 is 0 Å². The Morgan fingerprint density at radius 1 is 1.12 bits per heavy atom. The van der Waals surface area contributed by atoms with Crippen molar-refractivity contribution in [2.24, 2.45) is 0 Å². The summed E-state index contributed by atoms with van der Waals surface area (Å²) in [4.78, 5) is 14.1. The fourth-order valence-corrected chi connectivity index (χ4v) is 4.97. The summed E-state index contributed by atoms with van der Waals surface area (Å²) in [7, 11) is -3.49. The van der Waals surface area contributed by atoms with Crippen LogP contribution in [0.4, 0.5) is 5.69 Å². The van der Waals surface area contributed by atoms with Crippen LogP contribution in [-0.4, -0.2) is 69.0 Å². The largest absolute Gasteiger partial charge is 0.379 e. The van der Waals surface area contributed by atoms with Gasteiger partial charge in [-0.1, -0.05) is 6.92 Å². The first kappa shape index (κ1) is 19.3. The van der Waals surface area contributed by atoms with E-state index in [-0.39, 0.29) is 10.8 Å². The lowest BCUT2D eigenvalue weighted by atomic mass is 10.0. The molecule has 7 nitrogen and oxygen atoms in total. The van der Waals surface area contributed by atoms with E-state index in [0.29, 0.717) is 31.2 Å². The van der Waals surface area contributed by atoms with E-state index in [9.17, 15) is 13.2 Å². The zero-order chi connectivity index (χ0) is 18.6. The van der Waals surface area contributed by atoms with Crippen molar-refractivity contribution < 1.29 is 17.9 Å². The quantitative estimate of drug-likeness (QED) is 0.837. The molecule has 0 spiro atoms. The highest BCUT2D eigenvalue weighted by molar-refractivity contribution is 7.89. The number of morpholine rings is 1. The van der Waals surface area contributed by atoms with E-state index in [0.717, 1.165) is 39.1 Å². The van der Waals surface area contributed by atoms with Crippen LogP contribution in [-0.2, 0) is 19.6 Å². The Balaban J connectivity index is 1.60. The lowest BCUT2D eigenvalue weighted by Crippen LogP contribution is -2.50. The van der Waals surface area contributed by atoms with Crippen LogP contribution in [0.25, 0.3) is 0 Å². The van der Waals surface area contributed by atoms with Gasteiger partial charge in [0.15, 0.2) is 0 Å². The first-order valence-electron chi connectivity index (χ1n) is 9.22. The fraction of sp³-hybridized carbons (Fsp3) is 0.611. The SMILES string of the molecule is CCC(=O)Nc1ccc(S(=O)(=O)N2CCC(N3CCOCC3)CC2)cc1. The lowest BCUT2D eigenvalue weighted by Gasteiger charge is -2.39. The van der Waals surface area contributed by atoms with Crippen LogP contribution in [0, 0.1) is 0 Å². The second-order valence-electron chi connectivity index (χ2n) is 6.71. The van der Waals surface area contributed by atoms with Crippen molar-refractivity contribution in [1.29, 1.82) is 0 Å². The van der Waals surface area contributed by atoms with Gasteiger partial charge in [0.05, 0.1) is 18.1 Å². The molecule has 0 atom stereocenters. The van der Waals surface area contributed by atoms with E-state index >= 15 is 0 Å². The summed E-state index contributed by atoms with van der Waals surface area (Å²) in [5.74, 6) is -0.0919. The minimum Gasteiger partial charge on any atom is -0.379 e. The van der Waals surface area contributed by atoms with Gasteiger partial charge < -0.3 is 10.1 Å². The Kier molecular flexibility index (Phi) is 6.29. The van der Waals surface area contributed by atoms with Gasteiger partial charge in [-0.25, -0.2) is 8.42 Å². The summed E-state index contributed by atoms with van der Waals surface area (Å²) in [5, 5.41) is 2.73. The molecule has 1 amide bonds. The molecule has 0 aliphatic carbocycles. The summed E-state index contributed by atoms with van der Waals surface area (Å²) < 4.78 is 32.7. The highest BCUT2D eigenvalue weighted by Gasteiger charge is 2.32. The number of piperidine rings is 1. The first-order chi connectivity index (χ1) is 12.5. The number of hydrogen-bond acceptors (Lipinski definition) is 5. The van der Waals surface area contributed by atoms with Crippen LogP contribution in [0.1, 0.15) is 26.2 Å². The third-order valence-electron chi connectivity index (χ3n) is 5.08.